The molecule has 1 aromatic heterocycles. The van der Waals surface area contributed by atoms with Crippen molar-refractivity contribution >= 4 is 40.2 Å². The summed E-state index contributed by atoms with van der Waals surface area (Å²) in [6, 6.07) is 8.24. The zero-order valence-electron chi connectivity index (χ0n) is 10.5. The minimum absolute atomic E-state index is 0.527. The van der Waals surface area contributed by atoms with E-state index in [1.54, 1.807) is 0 Å². The van der Waals surface area contributed by atoms with E-state index in [1.165, 1.54) is 5.56 Å². The highest BCUT2D eigenvalue weighted by Crippen LogP contribution is 2.24. The zero-order valence-corrected chi connectivity index (χ0v) is 12.0. The van der Waals surface area contributed by atoms with Crippen LogP contribution >= 0.6 is 23.2 Å². The van der Waals surface area contributed by atoms with Crippen molar-refractivity contribution in [2.75, 3.05) is 5.88 Å². The van der Waals surface area contributed by atoms with Crippen molar-refractivity contribution in [3.05, 3.63) is 46.1 Å². The number of allylic oxidation sites excluding steroid dienone is 1. The van der Waals surface area contributed by atoms with Gasteiger partial charge in [-0.15, -0.1) is 11.6 Å². The molecular weight excluding hydrogens is 265 g/mol. The zero-order chi connectivity index (χ0) is 13.1. The van der Waals surface area contributed by atoms with Gasteiger partial charge in [0.05, 0.1) is 5.52 Å². The summed E-state index contributed by atoms with van der Waals surface area (Å²) in [6.45, 7) is 4.13. The van der Waals surface area contributed by atoms with Gasteiger partial charge in [-0.2, -0.15) is 0 Å². The van der Waals surface area contributed by atoms with E-state index in [0.717, 1.165) is 28.5 Å². The van der Waals surface area contributed by atoms with Crippen LogP contribution in [0.2, 0.25) is 5.15 Å². The van der Waals surface area contributed by atoms with Crippen LogP contribution < -0.4 is 0 Å². The van der Waals surface area contributed by atoms with Crippen molar-refractivity contribution in [3.8, 4) is 0 Å². The van der Waals surface area contributed by atoms with E-state index in [0.29, 0.717) is 11.0 Å². The molecule has 0 bridgehead atoms. The molecule has 0 aliphatic carbocycles. The minimum atomic E-state index is 0.527. The van der Waals surface area contributed by atoms with Crippen LogP contribution in [0.3, 0.4) is 0 Å². The van der Waals surface area contributed by atoms with Gasteiger partial charge >= 0.3 is 0 Å². The third-order valence-corrected chi connectivity index (χ3v) is 3.59. The first-order valence-corrected chi connectivity index (χ1v) is 6.87. The second kappa shape index (κ2) is 5.73. The van der Waals surface area contributed by atoms with Gasteiger partial charge in [-0.1, -0.05) is 42.3 Å². The number of alkyl halides is 1. The highest BCUT2D eigenvalue weighted by molar-refractivity contribution is 6.31. The number of hydrogen-bond donors (Lipinski definition) is 0. The van der Waals surface area contributed by atoms with Gasteiger partial charge < -0.3 is 0 Å². The Hall–Kier alpha value is -1.05. The third kappa shape index (κ3) is 2.85. The molecule has 0 N–H and O–H groups in total. The lowest BCUT2D eigenvalue weighted by Gasteiger charge is -2.05. The minimum Gasteiger partial charge on any atom is -0.235 e. The van der Waals surface area contributed by atoms with Crippen molar-refractivity contribution in [3.63, 3.8) is 0 Å². The molecule has 0 radical (unpaired) electrons. The van der Waals surface area contributed by atoms with Crippen LogP contribution in [0.1, 0.15) is 24.5 Å². The number of benzene rings is 1. The first-order valence-electron chi connectivity index (χ1n) is 5.96. The van der Waals surface area contributed by atoms with Gasteiger partial charge in [-0.3, -0.25) is 0 Å². The lowest BCUT2D eigenvalue weighted by atomic mass is 10.1. The van der Waals surface area contributed by atoms with Crippen LogP contribution in [0.5, 0.6) is 0 Å². The summed E-state index contributed by atoms with van der Waals surface area (Å²) >= 11 is 12.1. The van der Waals surface area contributed by atoms with Gasteiger partial charge in [0.15, 0.2) is 0 Å². The topological polar surface area (TPSA) is 12.9 Å². The fourth-order valence-corrected chi connectivity index (χ4v) is 2.29. The smallest absolute Gasteiger partial charge is 0.136 e. The lowest BCUT2D eigenvalue weighted by Crippen LogP contribution is -1.88. The second-order valence-electron chi connectivity index (χ2n) is 4.35. The Balaban J connectivity index is 2.56. The average Bonchev–Trinajstić information content (AvgIpc) is 2.36. The predicted molar refractivity (Wildman–Crippen MR) is 80.5 cm³/mol. The van der Waals surface area contributed by atoms with Crippen LogP contribution in [0.25, 0.3) is 17.0 Å². The van der Waals surface area contributed by atoms with E-state index >= 15 is 0 Å². The molecule has 0 spiro atoms. The number of aromatic nitrogens is 1. The summed E-state index contributed by atoms with van der Waals surface area (Å²) in [7, 11) is 0. The Bertz CT molecular complexity index is 597. The summed E-state index contributed by atoms with van der Waals surface area (Å²) in [4.78, 5) is 4.44. The van der Waals surface area contributed by atoms with Gasteiger partial charge in [0, 0.05) is 16.8 Å². The van der Waals surface area contributed by atoms with Gasteiger partial charge in [0.25, 0.3) is 0 Å². The van der Waals surface area contributed by atoms with E-state index in [4.69, 9.17) is 23.2 Å². The Morgan fingerprint density at radius 3 is 2.78 bits per heavy atom. The normalized spacial score (nSPS) is 12.1. The monoisotopic (exact) mass is 279 g/mol. The van der Waals surface area contributed by atoms with Crippen molar-refractivity contribution in [1.82, 2.24) is 4.98 Å². The van der Waals surface area contributed by atoms with E-state index in [-0.39, 0.29) is 0 Å². The van der Waals surface area contributed by atoms with Crippen molar-refractivity contribution in [1.29, 1.82) is 0 Å². The molecule has 2 aromatic rings. The molecule has 1 heterocycles. The van der Waals surface area contributed by atoms with Crippen molar-refractivity contribution in [2.24, 2.45) is 0 Å². The molecule has 0 atom stereocenters. The SMILES string of the molecule is CCC(=Cc1cc2ccc(C)cc2nc1Cl)CCl. The summed E-state index contributed by atoms with van der Waals surface area (Å²) in [5.74, 6) is 0.527. The molecule has 3 heteroatoms. The van der Waals surface area contributed by atoms with E-state index in [2.05, 4.69) is 30.1 Å². The van der Waals surface area contributed by atoms with Gasteiger partial charge in [0.2, 0.25) is 0 Å². The van der Waals surface area contributed by atoms with Gasteiger partial charge in [0.1, 0.15) is 5.15 Å². The highest BCUT2D eigenvalue weighted by atomic mass is 35.5. The summed E-state index contributed by atoms with van der Waals surface area (Å²) in [5.41, 5.74) is 4.21. The Morgan fingerprint density at radius 1 is 1.33 bits per heavy atom. The Kier molecular flexibility index (Phi) is 4.26. The summed E-state index contributed by atoms with van der Waals surface area (Å²) < 4.78 is 0. The lowest BCUT2D eigenvalue weighted by molar-refractivity contribution is 1.12. The molecule has 2 rings (SSSR count). The maximum atomic E-state index is 6.21. The number of rotatable bonds is 3. The molecule has 0 saturated heterocycles. The number of halogens is 2. The Labute approximate surface area is 117 Å². The number of aryl methyl sites for hydroxylation is 1. The molecular formula is C15H15Cl2N. The first kappa shape index (κ1) is 13.4. The fraction of sp³-hybridized carbons (Fsp3) is 0.267. The highest BCUT2D eigenvalue weighted by Gasteiger charge is 2.04. The standard InChI is InChI=1S/C15H15Cl2N/c1-3-11(9-16)7-13-8-12-5-4-10(2)6-14(12)18-15(13)17/h4-8H,3,9H2,1-2H3. The molecule has 94 valence electrons. The largest absolute Gasteiger partial charge is 0.235 e. The molecule has 1 nitrogen and oxygen atoms in total. The maximum absolute atomic E-state index is 6.21. The number of fused-ring (bicyclic) bond motifs is 1. The van der Waals surface area contributed by atoms with Gasteiger partial charge in [-0.05, 0) is 31.0 Å². The molecule has 1 aromatic carbocycles. The first-order chi connectivity index (χ1) is 8.63. The summed E-state index contributed by atoms with van der Waals surface area (Å²) in [5, 5.41) is 1.63. The van der Waals surface area contributed by atoms with Crippen LogP contribution in [0, 0.1) is 6.92 Å². The Morgan fingerprint density at radius 2 is 2.11 bits per heavy atom. The van der Waals surface area contributed by atoms with Crippen LogP contribution in [-0.2, 0) is 0 Å². The molecule has 0 saturated carbocycles. The number of hydrogen-bond acceptors (Lipinski definition) is 1. The molecule has 18 heavy (non-hydrogen) atoms. The van der Waals surface area contributed by atoms with Crippen LogP contribution in [-0.4, -0.2) is 10.9 Å². The predicted octanol–water partition coefficient (Wildman–Crippen LogP) is 5.23. The van der Waals surface area contributed by atoms with Crippen LogP contribution in [0.15, 0.2) is 29.8 Å². The van der Waals surface area contributed by atoms with E-state index < -0.39 is 0 Å². The van der Waals surface area contributed by atoms with Crippen LogP contribution in [0.4, 0.5) is 0 Å². The maximum Gasteiger partial charge on any atom is 0.136 e. The van der Waals surface area contributed by atoms with E-state index in [9.17, 15) is 0 Å². The summed E-state index contributed by atoms with van der Waals surface area (Å²) in [6.07, 6.45) is 2.95. The number of pyridine rings is 1. The van der Waals surface area contributed by atoms with Crippen molar-refractivity contribution in [2.45, 2.75) is 20.3 Å². The molecule has 0 amide bonds. The average molecular weight is 280 g/mol. The fourth-order valence-electron chi connectivity index (χ4n) is 1.83. The quantitative estimate of drug-likeness (QED) is 0.554. The van der Waals surface area contributed by atoms with Gasteiger partial charge in [-0.25, -0.2) is 4.98 Å². The molecule has 0 fully saturated rings. The second-order valence-corrected chi connectivity index (χ2v) is 4.98. The molecule has 0 aliphatic rings. The van der Waals surface area contributed by atoms with E-state index in [1.807, 2.05) is 19.1 Å². The number of nitrogens with zero attached hydrogens (tertiary/aromatic N) is 1. The molecule has 0 unspecified atom stereocenters. The third-order valence-electron chi connectivity index (χ3n) is 2.94. The molecule has 0 aliphatic heterocycles. The van der Waals surface area contributed by atoms with Crippen molar-refractivity contribution < 1.29 is 0 Å².